The first kappa shape index (κ1) is 18.4. The molecule has 2 heterocycles. The number of carbonyl (C=O) groups excluding carboxylic acids is 1. The van der Waals surface area contributed by atoms with Gasteiger partial charge in [-0.3, -0.25) is 0 Å². The first-order valence-electron chi connectivity index (χ1n) is 9.30. The molecule has 0 saturated carbocycles. The molecule has 1 aliphatic heterocycles. The number of amides is 1. The molecule has 1 aliphatic rings. The van der Waals surface area contributed by atoms with Gasteiger partial charge in [0.1, 0.15) is 11.4 Å². The van der Waals surface area contributed by atoms with Crippen LogP contribution in [0.1, 0.15) is 40.0 Å². The van der Waals surface area contributed by atoms with Gasteiger partial charge in [0.05, 0.1) is 12.3 Å². The number of furan rings is 1. The van der Waals surface area contributed by atoms with Gasteiger partial charge in [-0.2, -0.15) is 0 Å². The molecule has 0 spiro atoms. The molecule has 26 heavy (non-hydrogen) atoms. The lowest BCUT2D eigenvalue weighted by atomic mass is 10.0. The van der Waals surface area contributed by atoms with E-state index in [9.17, 15) is 4.79 Å². The van der Waals surface area contributed by atoms with E-state index in [1.54, 1.807) is 6.26 Å². The van der Waals surface area contributed by atoms with E-state index in [1.165, 1.54) is 0 Å². The van der Waals surface area contributed by atoms with Gasteiger partial charge in [0.2, 0.25) is 0 Å². The van der Waals surface area contributed by atoms with E-state index in [1.807, 2.05) is 62.1 Å². The number of hydrogen-bond acceptors (Lipinski definition) is 4. The molecule has 1 unspecified atom stereocenters. The van der Waals surface area contributed by atoms with Crippen molar-refractivity contribution in [2.24, 2.45) is 0 Å². The van der Waals surface area contributed by atoms with Crippen LogP contribution < -0.4 is 5.32 Å². The molecular formula is C21H28N2O3. The molecule has 0 radical (unpaired) electrons. The lowest BCUT2D eigenvalue weighted by Crippen LogP contribution is -2.48. The zero-order chi connectivity index (χ0) is 18.6. The number of nitrogens with one attached hydrogen (secondary N) is 1. The molecule has 1 N–H and O–H groups in total. The van der Waals surface area contributed by atoms with Crippen molar-refractivity contribution in [2.45, 2.75) is 51.7 Å². The van der Waals surface area contributed by atoms with Gasteiger partial charge in [-0.15, -0.1) is 0 Å². The highest BCUT2D eigenvalue weighted by Crippen LogP contribution is 2.23. The number of nitrogens with zero attached hydrogens (tertiary/aromatic N) is 1. The van der Waals surface area contributed by atoms with Crippen LogP contribution in [-0.2, 0) is 4.74 Å². The minimum Gasteiger partial charge on any atom is -0.464 e. The van der Waals surface area contributed by atoms with Crippen LogP contribution in [0.2, 0.25) is 0 Å². The Labute approximate surface area is 155 Å². The monoisotopic (exact) mass is 356 g/mol. The maximum Gasteiger partial charge on any atom is 0.410 e. The Hall–Kier alpha value is -2.43. The van der Waals surface area contributed by atoms with E-state index < -0.39 is 5.60 Å². The number of hydrogen-bond donors (Lipinski definition) is 1. The van der Waals surface area contributed by atoms with Crippen LogP contribution in [-0.4, -0.2) is 35.7 Å². The van der Waals surface area contributed by atoms with Crippen molar-refractivity contribution in [1.82, 2.24) is 4.90 Å². The summed E-state index contributed by atoms with van der Waals surface area (Å²) in [6.07, 6.45) is 4.64. The third-order valence-electron chi connectivity index (χ3n) is 4.49. The van der Waals surface area contributed by atoms with E-state index >= 15 is 0 Å². The topological polar surface area (TPSA) is 54.7 Å². The molecular weight excluding hydrogens is 328 g/mol. The Balaban J connectivity index is 1.59. The molecule has 140 valence electrons. The van der Waals surface area contributed by atoms with Crippen LogP contribution in [0, 0.1) is 0 Å². The van der Waals surface area contributed by atoms with Gasteiger partial charge in [0.25, 0.3) is 0 Å². The van der Waals surface area contributed by atoms with Crippen LogP contribution in [0.15, 0.2) is 47.1 Å². The highest BCUT2D eigenvalue weighted by atomic mass is 16.6. The first-order chi connectivity index (χ1) is 12.4. The smallest absolute Gasteiger partial charge is 0.410 e. The number of ether oxygens (including phenoxy) is 1. The van der Waals surface area contributed by atoms with Crippen molar-refractivity contribution in [1.29, 1.82) is 0 Å². The molecule has 0 bridgehead atoms. The SMILES string of the molecule is CC(C)(C)OC(=O)N1CCCCC1CNc1ccc(-c2ccco2)cc1. The Kier molecular flexibility index (Phi) is 5.55. The van der Waals surface area contributed by atoms with Gasteiger partial charge >= 0.3 is 6.09 Å². The van der Waals surface area contributed by atoms with Gasteiger partial charge in [-0.05, 0) is 76.4 Å². The molecule has 1 amide bonds. The largest absolute Gasteiger partial charge is 0.464 e. The van der Waals surface area contributed by atoms with Crippen LogP contribution >= 0.6 is 0 Å². The molecule has 1 saturated heterocycles. The summed E-state index contributed by atoms with van der Waals surface area (Å²) in [5.74, 6) is 0.861. The second-order valence-electron chi connectivity index (χ2n) is 7.76. The fourth-order valence-electron chi connectivity index (χ4n) is 3.20. The zero-order valence-corrected chi connectivity index (χ0v) is 15.8. The van der Waals surface area contributed by atoms with E-state index in [2.05, 4.69) is 5.32 Å². The molecule has 1 fully saturated rings. The highest BCUT2D eigenvalue weighted by molar-refractivity contribution is 5.69. The minimum absolute atomic E-state index is 0.156. The summed E-state index contributed by atoms with van der Waals surface area (Å²) in [4.78, 5) is 14.4. The molecule has 5 heteroatoms. The summed E-state index contributed by atoms with van der Waals surface area (Å²) in [6, 6.07) is 12.1. The van der Waals surface area contributed by atoms with Gasteiger partial charge in [-0.1, -0.05) is 0 Å². The highest BCUT2D eigenvalue weighted by Gasteiger charge is 2.30. The maximum absolute atomic E-state index is 12.5. The third kappa shape index (κ3) is 4.81. The molecule has 0 aliphatic carbocycles. The lowest BCUT2D eigenvalue weighted by Gasteiger charge is -2.37. The lowest BCUT2D eigenvalue weighted by molar-refractivity contribution is 0.0114. The summed E-state index contributed by atoms with van der Waals surface area (Å²) in [7, 11) is 0. The number of benzene rings is 1. The normalized spacial score (nSPS) is 17.8. The molecule has 1 atom stereocenters. The van der Waals surface area contributed by atoms with E-state index in [4.69, 9.17) is 9.15 Å². The van der Waals surface area contributed by atoms with Crippen molar-refractivity contribution in [3.8, 4) is 11.3 Å². The summed E-state index contributed by atoms with van der Waals surface area (Å²) < 4.78 is 11.0. The Morgan fingerprint density at radius 3 is 2.65 bits per heavy atom. The van der Waals surface area contributed by atoms with Gasteiger partial charge < -0.3 is 19.4 Å². The molecule has 1 aromatic carbocycles. The average Bonchev–Trinajstić information content (AvgIpc) is 3.14. The van der Waals surface area contributed by atoms with Gasteiger partial charge in [0.15, 0.2) is 0 Å². The zero-order valence-electron chi connectivity index (χ0n) is 15.8. The fourth-order valence-corrected chi connectivity index (χ4v) is 3.20. The van der Waals surface area contributed by atoms with E-state index in [0.29, 0.717) is 0 Å². The summed E-state index contributed by atoms with van der Waals surface area (Å²) in [5, 5.41) is 3.45. The minimum atomic E-state index is -0.464. The number of carbonyl (C=O) groups is 1. The van der Waals surface area contributed by atoms with E-state index in [0.717, 1.165) is 49.4 Å². The van der Waals surface area contributed by atoms with Crippen LogP contribution in [0.3, 0.4) is 0 Å². The first-order valence-corrected chi connectivity index (χ1v) is 9.30. The maximum atomic E-state index is 12.5. The average molecular weight is 356 g/mol. The van der Waals surface area contributed by atoms with Gasteiger partial charge in [-0.25, -0.2) is 4.79 Å². The molecule has 2 aromatic rings. The second-order valence-corrected chi connectivity index (χ2v) is 7.76. The summed E-state index contributed by atoms with van der Waals surface area (Å²) in [6.45, 7) is 7.20. The van der Waals surface area contributed by atoms with Crippen molar-refractivity contribution >= 4 is 11.8 Å². The second kappa shape index (κ2) is 7.85. The molecule has 5 nitrogen and oxygen atoms in total. The number of rotatable bonds is 4. The van der Waals surface area contributed by atoms with Gasteiger partial charge in [0, 0.05) is 24.3 Å². The predicted molar refractivity (Wildman–Crippen MR) is 103 cm³/mol. The van der Waals surface area contributed by atoms with E-state index in [-0.39, 0.29) is 12.1 Å². The third-order valence-corrected chi connectivity index (χ3v) is 4.49. The van der Waals surface area contributed by atoms with Crippen LogP contribution in [0.4, 0.5) is 10.5 Å². The Bertz CT molecular complexity index is 702. The number of anilines is 1. The number of likely N-dealkylation sites (tertiary alicyclic amines) is 1. The fraction of sp³-hybridized carbons (Fsp3) is 0.476. The van der Waals surface area contributed by atoms with Crippen molar-refractivity contribution < 1.29 is 13.9 Å². The quantitative estimate of drug-likeness (QED) is 0.823. The molecule has 1 aromatic heterocycles. The van der Waals surface area contributed by atoms with Crippen molar-refractivity contribution in [3.05, 3.63) is 42.7 Å². The predicted octanol–water partition coefficient (Wildman–Crippen LogP) is 5.15. The molecule has 3 rings (SSSR count). The Morgan fingerprint density at radius 1 is 1.23 bits per heavy atom. The number of piperidine rings is 1. The summed E-state index contributed by atoms with van der Waals surface area (Å²) in [5.41, 5.74) is 1.62. The van der Waals surface area contributed by atoms with Crippen LogP contribution in [0.5, 0.6) is 0 Å². The van der Waals surface area contributed by atoms with Crippen molar-refractivity contribution in [3.63, 3.8) is 0 Å². The standard InChI is InChI=1S/C21H28N2O3/c1-21(2,3)26-20(24)23-13-5-4-7-18(23)15-22-17-11-9-16(10-12-17)19-8-6-14-25-19/h6,8-12,14,18,22H,4-5,7,13,15H2,1-3H3. The van der Waals surface area contributed by atoms with Crippen molar-refractivity contribution in [2.75, 3.05) is 18.4 Å². The van der Waals surface area contributed by atoms with Crippen LogP contribution in [0.25, 0.3) is 11.3 Å². The summed E-state index contributed by atoms with van der Waals surface area (Å²) >= 11 is 0. The Morgan fingerprint density at radius 2 is 2.00 bits per heavy atom.